The Kier molecular flexibility index (Phi) is 7.25. The van der Waals surface area contributed by atoms with Crippen LogP contribution in [-0.2, 0) is 9.59 Å². The first-order valence-corrected chi connectivity index (χ1v) is 6.29. The fourth-order valence-corrected chi connectivity index (χ4v) is 1.64. The molecular weight excluding hydrogens is 254 g/mol. The van der Waals surface area contributed by atoms with E-state index in [-0.39, 0.29) is 30.8 Å². The van der Waals surface area contributed by atoms with Crippen molar-refractivity contribution in [1.82, 2.24) is 10.6 Å². The molecule has 0 bridgehead atoms. The molecule has 0 aliphatic heterocycles. The molecule has 0 spiro atoms. The van der Waals surface area contributed by atoms with Gasteiger partial charge < -0.3 is 16.4 Å². The van der Waals surface area contributed by atoms with Crippen LogP contribution in [0.1, 0.15) is 39.5 Å². The first kappa shape index (κ1) is 17.2. The quantitative estimate of drug-likeness (QED) is 0.636. The predicted octanol–water partition coefficient (Wildman–Crippen LogP) is 0.568. The van der Waals surface area contributed by atoms with Gasteiger partial charge in [-0.3, -0.25) is 9.59 Å². The number of hydrogen-bond acceptors (Lipinski definition) is 3. The van der Waals surface area contributed by atoms with Crippen LogP contribution >= 0.6 is 12.4 Å². The minimum atomic E-state index is -0.883. The van der Waals surface area contributed by atoms with Crippen LogP contribution in [0.4, 0.5) is 0 Å². The predicted molar refractivity (Wildman–Crippen MR) is 73.5 cm³/mol. The van der Waals surface area contributed by atoms with Gasteiger partial charge in [-0.2, -0.15) is 0 Å². The van der Waals surface area contributed by atoms with Crippen molar-refractivity contribution < 1.29 is 9.59 Å². The van der Waals surface area contributed by atoms with Crippen molar-refractivity contribution >= 4 is 24.2 Å². The van der Waals surface area contributed by atoms with E-state index in [2.05, 4.69) is 10.6 Å². The van der Waals surface area contributed by atoms with Gasteiger partial charge in [-0.25, -0.2) is 0 Å². The normalized spacial score (nSPS) is 17.3. The average molecular weight is 278 g/mol. The molecule has 1 aliphatic rings. The molecule has 6 heteroatoms. The van der Waals surface area contributed by atoms with Gasteiger partial charge in [-0.05, 0) is 32.1 Å². The minimum Gasteiger partial charge on any atom is -0.354 e. The molecule has 0 aromatic carbocycles. The third kappa shape index (κ3) is 6.21. The number of rotatable bonds is 7. The van der Waals surface area contributed by atoms with Crippen LogP contribution in [0.3, 0.4) is 0 Å². The highest BCUT2D eigenvalue weighted by atomic mass is 35.5. The molecule has 1 unspecified atom stereocenters. The molecule has 0 saturated heterocycles. The second-order valence-corrected chi connectivity index (χ2v) is 5.10. The largest absolute Gasteiger partial charge is 0.354 e. The minimum absolute atomic E-state index is 0. The van der Waals surface area contributed by atoms with Crippen molar-refractivity contribution in [2.24, 2.45) is 11.7 Å². The highest BCUT2D eigenvalue weighted by Gasteiger charge is 2.27. The molecule has 1 rings (SSSR count). The lowest BCUT2D eigenvalue weighted by Gasteiger charge is -2.22. The Hall–Kier alpha value is -0.810. The molecule has 5 nitrogen and oxygen atoms in total. The second kappa shape index (κ2) is 7.59. The topological polar surface area (TPSA) is 84.2 Å². The summed E-state index contributed by atoms with van der Waals surface area (Å²) < 4.78 is 0. The van der Waals surface area contributed by atoms with Crippen LogP contribution < -0.4 is 16.4 Å². The summed E-state index contributed by atoms with van der Waals surface area (Å²) in [5.41, 5.74) is 4.96. The number of carbonyl (C=O) groups excluding carboxylic acids is 2. The molecule has 0 aromatic rings. The Morgan fingerprint density at radius 3 is 2.44 bits per heavy atom. The summed E-state index contributed by atoms with van der Waals surface area (Å²) in [5.74, 6) is 0.244. The Morgan fingerprint density at radius 1 is 1.33 bits per heavy atom. The van der Waals surface area contributed by atoms with E-state index in [1.807, 2.05) is 6.92 Å². The molecule has 106 valence electrons. The number of halogens is 1. The first-order chi connectivity index (χ1) is 7.95. The van der Waals surface area contributed by atoms with Crippen LogP contribution in [0, 0.1) is 5.92 Å². The maximum atomic E-state index is 11.7. The molecule has 1 fully saturated rings. The summed E-state index contributed by atoms with van der Waals surface area (Å²) in [4.78, 5) is 23.1. The van der Waals surface area contributed by atoms with Crippen molar-refractivity contribution in [3.63, 3.8) is 0 Å². The van der Waals surface area contributed by atoms with Gasteiger partial charge in [-0.15, -0.1) is 12.4 Å². The van der Waals surface area contributed by atoms with E-state index in [1.165, 1.54) is 12.8 Å². The van der Waals surface area contributed by atoms with Crippen LogP contribution in [0.2, 0.25) is 0 Å². The highest BCUT2D eigenvalue weighted by molar-refractivity contribution is 5.89. The SMILES string of the molecule is CCCC(C)(N)C(=O)NCC(=O)NCC1CC1.Cl. The lowest BCUT2D eigenvalue weighted by Crippen LogP contribution is -2.53. The Bertz CT molecular complexity index is 291. The lowest BCUT2D eigenvalue weighted by molar-refractivity contribution is -0.129. The van der Waals surface area contributed by atoms with Gasteiger partial charge in [0.05, 0.1) is 12.1 Å². The zero-order valence-electron chi connectivity index (χ0n) is 11.1. The number of nitrogens with two attached hydrogens (primary N) is 1. The molecule has 4 N–H and O–H groups in total. The van der Waals surface area contributed by atoms with Gasteiger partial charge in [-0.1, -0.05) is 13.3 Å². The molecule has 18 heavy (non-hydrogen) atoms. The standard InChI is InChI=1S/C12H23N3O2.ClH/c1-3-6-12(2,13)11(17)15-8-10(16)14-7-9-4-5-9;/h9H,3-8,13H2,1-2H3,(H,14,16)(H,15,17);1H. The van der Waals surface area contributed by atoms with Crippen molar-refractivity contribution in [2.75, 3.05) is 13.1 Å². The van der Waals surface area contributed by atoms with Crippen molar-refractivity contribution in [3.05, 3.63) is 0 Å². The number of nitrogens with one attached hydrogen (secondary N) is 2. The molecule has 0 heterocycles. The van der Waals surface area contributed by atoms with Crippen LogP contribution in [0.25, 0.3) is 0 Å². The molecule has 1 aliphatic carbocycles. The molecule has 0 aromatic heterocycles. The summed E-state index contributed by atoms with van der Waals surface area (Å²) >= 11 is 0. The highest BCUT2D eigenvalue weighted by Crippen LogP contribution is 2.27. The van der Waals surface area contributed by atoms with Gasteiger partial charge in [0.2, 0.25) is 11.8 Å². The fourth-order valence-electron chi connectivity index (χ4n) is 1.64. The first-order valence-electron chi connectivity index (χ1n) is 6.29. The fraction of sp³-hybridized carbons (Fsp3) is 0.833. The lowest BCUT2D eigenvalue weighted by atomic mass is 9.96. The summed E-state index contributed by atoms with van der Waals surface area (Å²) in [6, 6.07) is 0. The molecular formula is C12H24ClN3O2. The van der Waals surface area contributed by atoms with Crippen LogP contribution in [0.5, 0.6) is 0 Å². The van der Waals surface area contributed by atoms with Gasteiger partial charge in [0.15, 0.2) is 0 Å². The zero-order chi connectivity index (χ0) is 12.9. The Balaban J connectivity index is 0.00000289. The van der Waals surface area contributed by atoms with Crippen molar-refractivity contribution in [3.8, 4) is 0 Å². The Labute approximate surface area is 115 Å². The molecule has 0 radical (unpaired) electrons. The van der Waals surface area contributed by atoms with E-state index in [9.17, 15) is 9.59 Å². The molecule has 1 saturated carbocycles. The summed E-state index contributed by atoms with van der Waals surface area (Å²) in [6.45, 7) is 4.40. The van der Waals surface area contributed by atoms with E-state index in [0.717, 1.165) is 13.0 Å². The monoisotopic (exact) mass is 277 g/mol. The van der Waals surface area contributed by atoms with Crippen molar-refractivity contribution in [1.29, 1.82) is 0 Å². The van der Waals surface area contributed by atoms with Crippen LogP contribution in [0.15, 0.2) is 0 Å². The number of amides is 2. The summed E-state index contributed by atoms with van der Waals surface area (Å²) in [6.07, 6.45) is 3.85. The number of hydrogen-bond donors (Lipinski definition) is 3. The van der Waals surface area contributed by atoms with E-state index < -0.39 is 5.54 Å². The maximum absolute atomic E-state index is 11.7. The molecule has 1 atom stereocenters. The van der Waals surface area contributed by atoms with Gasteiger partial charge >= 0.3 is 0 Å². The third-order valence-corrected chi connectivity index (χ3v) is 2.98. The molecule has 2 amide bonds. The second-order valence-electron chi connectivity index (χ2n) is 5.10. The van der Waals surface area contributed by atoms with E-state index >= 15 is 0 Å². The van der Waals surface area contributed by atoms with Gasteiger partial charge in [0.1, 0.15) is 0 Å². The van der Waals surface area contributed by atoms with E-state index in [0.29, 0.717) is 12.3 Å². The van der Waals surface area contributed by atoms with Crippen molar-refractivity contribution in [2.45, 2.75) is 45.1 Å². The average Bonchev–Trinajstić information content (AvgIpc) is 3.06. The van der Waals surface area contributed by atoms with E-state index in [4.69, 9.17) is 5.73 Å². The zero-order valence-corrected chi connectivity index (χ0v) is 11.9. The smallest absolute Gasteiger partial charge is 0.240 e. The third-order valence-electron chi connectivity index (χ3n) is 2.98. The van der Waals surface area contributed by atoms with Gasteiger partial charge in [0, 0.05) is 6.54 Å². The summed E-state index contributed by atoms with van der Waals surface area (Å²) in [5, 5.41) is 5.36. The number of carbonyl (C=O) groups is 2. The summed E-state index contributed by atoms with van der Waals surface area (Å²) in [7, 11) is 0. The van der Waals surface area contributed by atoms with Crippen LogP contribution in [-0.4, -0.2) is 30.4 Å². The van der Waals surface area contributed by atoms with Gasteiger partial charge in [0.25, 0.3) is 0 Å². The maximum Gasteiger partial charge on any atom is 0.240 e. The van der Waals surface area contributed by atoms with E-state index in [1.54, 1.807) is 6.92 Å². The Morgan fingerprint density at radius 2 is 1.94 bits per heavy atom.